The molecular weight excluding hydrogens is 278 g/mol. The van der Waals surface area contributed by atoms with E-state index in [4.69, 9.17) is 5.11 Å². The minimum atomic E-state index is -0.841. The number of hydrogen-bond acceptors (Lipinski definition) is 2. The predicted molar refractivity (Wildman–Crippen MR) is 90.9 cm³/mol. The molecule has 4 heteroatoms. The van der Waals surface area contributed by atoms with Crippen LogP contribution < -0.4 is 0 Å². The lowest BCUT2D eigenvalue weighted by Gasteiger charge is -2.22. The highest BCUT2D eigenvalue weighted by Crippen LogP contribution is 2.08. The van der Waals surface area contributed by atoms with E-state index in [-0.39, 0.29) is 12.3 Å². The highest BCUT2D eigenvalue weighted by Gasteiger charge is 2.13. The summed E-state index contributed by atoms with van der Waals surface area (Å²) in [6.07, 6.45) is 13.4. The molecule has 4 nitrogen and oxygen atoms in total. The first-order chi connectivity index (χ1) is 10.6. The maximum absolute atomic E-state index is 12.2. The van der Waals surface area contributed by atoms with Crippen LogP contribution >= 0.6 is 0 Å². The van der Waals surface area contributed by atoms with Crippen molar-refractivity contribution in [1.29, 1.82) is 0 Å². The van der Waals surface area contributed by atoms with E-state index < -0.39 is 5.97 Å². The largest absolute Gasteiger partial charge is 0.481 e. The fourth-order valence-corrected chi connectivity index (χ4v) is 2.32. The molecule has 1 N–H and O–H groups in total. The normalized spacial score (nSPS) is 11.0. The van der Waals surface area contributed by atoms with Crippen LogP contribution in [0.2, 0.25) is 0 Å². The van der Waals surface area contributed by atoms with Crippen LogP contribution in [0, 0.1) is 0 Å². The first kappa shape index (κ1) is 20.7. The summed E-state index contributed by atoms with van der Waals surface area (Å²) in [5.41, 5.74) is 0. The number of nitrogens with zero attached hydrogens (tertiary/aromatic N) is 1. The Bertz CT molecular complexity index is 326. The van der Waals surface area contributed by atoms with Gasteiger partial charge in [0.2, 0.25) is 5.91 Å². The van der Waals surface area contributed by atoms with Crippen molar-refractivity contribution < 1.29 is 14.7 Å². The summed E-state index contributed by atoms with van der Waals surface area (Å²) in [6, 6.07) is 0. The number of amides is 1. The van der Waals surface area contributed by atoms with Gasteiger partial charge < -0.3 is 10.0 Å². The number of carbonyl (C=O) groups is 2. The molecule has 0 fully saturated rings. The molecule has 0 bridgehead atoms. The lowest BCUT2D eigenvalue weighted by Crippen LogP contribution is -2.33. The summed E-state index contributed by atoms with van der Waals surface area (Å²) in [5, 5.41) is 8.81. The molecule has 0 atom stereocenters. The zero-order valence-corrected chi connectivity index (χ0v) is 14.4. The third kappa shape index (κ3) is 12.4. The van der Waals surface area contributed by atoms with E-state index in [1.165, 1.54) is 25.7 Å². The van der Waals surface area contributed by atoms with Crippen molar-refractivity contribution in [3.05, 3.63) is 12.2 Å². The molecule has 0 aliphatic carbocycles. The predicted octanol–water partition coefficient (Wildman–Crippen LogP) is 4.40. The molecule has 0 rings (SSSR count). The number of rotatable bonds is 14. The van der Waals surface area contributed by atoms with Crippen LogP contribution in [-0.4, -0.2) is 35.0 Å². The van der Waals surface area contributed by atoms with Crippen LogP contribution in [-0.2, 0) is 9.59 Å². The Morgan fingerprint density at radius 2 is 1.59 bits per heavy atom. The maximum Gasteiger partial charge on any atom is 0.305 e. The van der Waals surface area contributed by atoms with E-state index in [2.05, 4.69) is 19.9 Å². The molecule has 0 unspecified atom stereocenters. The van der Waals surface area contributed by atoms with Crippen molar-refractivity contribution in [2.24, 2.45) is 0 Å². The quantitative estimate of drug-likeness (QED) is 0.382. The average molecular weight is 311 g/mol. The number of carboxylic acid groups (broad SMARTS) is 1. The highest BCUT2D eigenvalue weighted by molar-refractivity contribution is 5.77. The summed E-state index contributed by atoms with van der Waals surface area (Å²) < 4.78 is 0. The smallest absolute Gasteiger partial charge is 0.305 e. The third-order valence-corrected chi connectivity index (χ3v) is 3.66. The molecule has 22 heavy (non-hydrogen) atoms. The van der Waals surface area contributed by atoms with Gasteiger partial charge in [0.1, 0.15) is 0 Å². The van der Waals surface area contributed by atoms with Gasteiger partial charge in [0, 0.05) is 19.5 Å². The molecule has 0 saturated carbocycles. The van der Waals surface area contributed by atoms with E-state index in [0.717, 1.165) is 25.7 Å². The summed E-state index contributed by atoms with van der Waals surface area (Å²) in [4.78, 5) is 24.6. The number of hydrogen-bond donors (Lipinski definition) is 1. The molecule has 0 heterocycles. The van der Waals surface area contributed by atoms with Crippen LogP contribution in [0.1, 0.15) is 78.1 Å². The molecule has 0 radical (unpaired) electrons. The Balaban J connectivity index is 4.09. The Labute approximate surface area is 135 Å². The number of allylic oxidation sites excluding steroid dienone is 2. The van der Waals surface area contributed by atoms with Crippen LogP contribution in [0.15, 0.2) is 12.2 Å². The van der Waals surface area contributed by atoms with Crippen LogP contribution in [0.3, 0.4) is 0 Å². The standard InChI is InChI=1S/C18H33NO3/c1-3-5-7-9-10-12-15-19(16-14-18(21)22)17(20)13-11-8-6-4-2/h6,8H,3-5,7,9-16H2,1-2H3,(H,21,22)/b8-6+. The van der Waals surface area contributed by atoms with Gasteiger partial charge in [-0.25, -0.2) is 0 Å². The van der Waals surface area contributed by atoms with Gasteiger partial charge in [0.05, 0.1) is 6.42 Å². The number of carbonyl (C=O) groups excluding carboxylic acids is 1. The molecule has 128 valence electrons. The SMILES string of the molecule is CC/C=C/CCC(=O)N(CCCCCCCC)CCC(=O)O. The van der Waals surface area contributed by atoms with Crippen LogP contribution in [0.25, 0.3) is 0 Å². The van der Waals surface area contributed by atoms with Gasteiger partial charge in [0.15, 0.2) is 0 Å². The van der Waals surface area contributed by atoms with Gasteiger partial charge in [-0.05, 0) is 19.3 Å². The van der Waals surface area contributed by atoms with Gasteiger partial charge in [-0.2, -0.15) is 0 Å². The molecule has 0 aromatic carbocycles. The van der Waals surface area contributed by atoms with E-state index in [1.54, 1.807) is 4.90 Å². The molecule has 0 saturated heterocycles. The van der Waals surface area contributed by atoms with Crippen molar-refractivity contribution in [2.75, 3.05) is 13.1 Å². The zero-order valence-electron chi connectivity index (χ0n) is 14.4. The minimum absolute atomic E-state index is 0.0341. The van der Waals surface area contributed by atoms with Crippen LogP contribution in [0.4, 0.5) is 0 Å². The van der Waals surface area contributed by atoms with E-state index >= 15 is 0 Å². The fraction of sp³-hybridized carbons (Fsp3) is 0.778. The summed E-state index contributed by atoms with van der Waals surface area (Å²) in [7, 11) is 0. The lowest BCUT2D eigenvalue weighted by atomic mass is 10.1. The monoisotopic (exact) mass is 311 g/mol. The van der Waals surface area contributed by atoms with E-state index in [9.17, 15) is 9.59 Å². The van der Waals surface area contributed by atoms with E-state index in [1.807, 2.05) is 6.08 Å². The first-order valence-corrected chi connectivity index (χ1v) is 8.76. The Kier molecular flexibility index (Phi) is 13.7. The number of aliphatic carboxylic acids is 1. The second-order valence-corrected chi connectivity index (χ2v) is 5.71. The van der Waals surface area contributed by atoms with Gasteiger partial charge in [-0.3, -0.25) is 9.59 Å². The van der Waals surface area contributed by atoms with Crippen molar-refractivity contribution >= 4 is 11.9 Å². The third-order valence-electron chi connectivity index (χ3n) is 3.66. The van der Waals surface area contributed by atoms with Crippen molar-refractivity contribution in [3.8, 4) is 0 Å². The number of unbranched alkanes of at least 4 members (excludes halogenated alkanes) is 5. The van der Waals surface area contributed by atoms with Gasteiger partial charge in [-0.15, -0.1) is 0 Å². The fourth-order valence-electron chi connectivity index (χ4n) is 2.32. The second-order valence-electron chi connectivity index (χ2n) is 5.71. The topological polar surface area (TPSA) is 57.6 Å². The minimum Gasteiger partial charge on any atom is -0.481 e. The molecule has 1 amide bonds. The van der Waals surface area contributed by atoms with Crippen molar-refractivity contribution in [1.82, 2.24) is 4.90 Å². The second kappa shape index (κ2) is 14.6. The Morgan fingerprint density at radius 1 is 0.909 bits per heavy atom. The maximum atomic E-state index is 12.2. The molecule has 0 aromatic heterocycles. The zero-order chi connectivity index (χ0) is 16.6. The summed E-state index contributed by atoms with van der Waals surface area (Å²) in [5.74, 6) is -0.762. The molecule has 0 aromatic rings. The molecular formula is C18H33NO3. The molecule has 0 aliphatic rings. The lowest BCUT2D eigenvalue weighted by molar-refractivity contribution is -0.138. The molecule has 0 spiro atoms. The van der Waals surface area contributed by atoms with Crippen LogP contribution in [0.5, 0.6) is 0 Å². The highest BCUT2D eigenvalue weighted by atomic mass is 16.4. The first-order valence-electron chi connectivity index (χ1n) is 8.76. The summed E-state index contributed by atoms with van der Waals surface area (Å²) >= 11 is 0. The van der Waals surface area contributed by atoms with Crippen molar-refractivity contribution in [3.63, 3.8) is 0 Å². The molecule has 0 aliphatic heterocycles. The van der Waals surface area contributed by atoms with Crippen molar-refractivity contribution in [2.45, 2.75) is 78.1 Å². The van der Waals surface area contributed by atoms with Gasteiger partial charge >= 0.3 is 5.97 Å². The average Bonchev–Trinajstić information content (AvgIpc) is 2.49. The van der Waals surface area contributed by atoms with E-state index in [0.29, 0.717) is 19.5 Å². The van der Waals surface area contributed by atoms with Gasteiger partial charge in [-0.1, -0.05) is 58.1 Å². The Hall–Kier alpha value is -1.32. The summed E-state index contributed by atoms with van der Waals surface area (Å²) in [6.45, 7) is 5.28. The Morgan fingerprint density at radius 3 is 2.23 bits per heavy atom. The number of carboxylic acids is 1. The van der Waals surface area contributed by atoms with Gasteiger partial charge in [0.25, 0.3) is 0 Å².